The van der Waals surface area contributed by atoms with E-state index in [1.807, 2.05) is 17.8 Å². The van der Waals surface area contributed by atoms with Gasteiger partial charge >= 0.3 is 0 Å². The molecule has 0 bridgehead atoms. The predicted molar refractivity (Wildman–Crippen MR) is 81.5 cm³/mol. The minimum absolute atomic E-state index is 0.0713. The summed E-state index contributed by atoms with van der Waals surface area (Å²) < 4.78 is 1.88. The van der Waals surface area contributed by atoms with Gasteiger partial charge in [-0.25, -0.2) is 0 Å². The molecule has 2 N–H and O–H groups in total. The van der Waals surface area contributed by atoms with Gasteiger partial charge in [-0.15, -0.1) is 0 Å². The highest BCUT2D eigenvalue weighted by Crippen LogP contribution is 2.17. The average Bonchev–Trinajstić information content (AvgIpc) is 3.05. The van der Waals surface area contributed by atoms with E-state index in [0.29, 0.717) is 31.2 Å². The second-order valence-corrected chi connectivity index (χ2v) is 5.89. The molecule has 0 radical (unpaired) electrons. The maximum Gasteiger partial charge on any atom is 0.275 e. The minimum atomic E-state index is -0.386. The largest absolute Gasteiger partial charge is 0.353 e. The first-order valence-corrected chi connectivity index (χ1v) is 8.05. The van der Waals surface area contributed by atoms with Gasteiger partial charge in [0.2, 0.25) is 5.91 Å². The van der Waals surface area contributed by atoms with Crippen molar-refractivity contribution in [1.29, 1.82) is 0 Å². The molecular formula is C15H23N5O2. The molecule has 2 aliphatic heterocycles. The molecule has 2 saturated heterocycles. The van der Waals surface area contributed by atoms with Crippen LogP contribution in [0.25, 0.3) is 0 Å². The Bertz CT molecular complexity index is 550. The van der Waals surface area contributed by atoms with Crippen molar-refractivity contribution in [3.05, 3.63) is 18.0 Å². The molecule has 2 atom stereocenters. The summed E-state index contributed by atoms with van der Waals surface area (Å²) in [5, 5.41) is 10.6. The maximum absolute atomic E-state index is 12.7. The summed E-state index contributed by atoms with van der Waals surface area (Å²) in [6, 6.07) is 1.68. The van der Waals surface area contributed by atoms with Crippen molar-refractivity contribution < 1.29 is 9.59 Å². The number of nitrogens with zero attached hydrogens (tertiary/aromatic N) is 3. The van der Waals surface area contributed by atoms with Crippen molar-refractivity contribution in [1.82, 2.24) is 25.3 Å². The normalized spacial score (nSPS) is 25.9. The molecule has 7 nitrogen and oxygen atoms in total. The number of piperazine rings is 1. The summed E-state index contributed by atoms with van der Waals surface area (Å²) in [7, 11) is 0. The van der Waals surface area contributed by atoms with Gasteiger partial charge in [-0.3, -0.25) is 14.3 Å². The lowest BCUT2D eigenvalue weighted by atomic mass is 10.1. The highest BCUT2D eigenvalue weighted by atomic mass is 16.2. The molecule has 3 rings (SSSR count). The molecule has 0 unspecified atom stereocenters. The van der Waals surface area contributed by atoms with Crippen LogP contribution < -0.4 is 10.6 Å². The molecule has 3 heterocycles. The Kier molecular flexibility index (Phi) is 4.42. The van der Waals surface area contributed by atoms with Gasteiger partial charge in [0.1, 0.15) is 11.7 Å². The lowest BCUT2D eigenvalue weighted by Crippen LogP contribution is -2.57. The topological polar surface area (TPSA) is 79.3 Å². The van der Waals surface area contributed by atoms with Crippen LogP contribution in [0.3, 0.4) is 0 Å². The highest BCUT2D eigenvalue weighted by molar-refractivity contribution is 5.96. The Hall–Kier alpha value is -1.89. The molecule has 2 aliphatic rings. The summed E-state index contributed by atoms with van der Waals surface area (Å²) in [4.78, 5) is 26.2. The van der Waals surface area contributed by atoms with E-state index in [0.717, 1.165) is 25.9 Å². The zero-order valence-electron chi connectivity index (χ0n) is 12.9. The van der Waals surface area contributed by atoms with E-state index in [2.05, 4.69) is 15.7 Å². The summed E-state index contributed by atoms with van der Waals surface area (Å²) >= 11 is 0. The molecular weight excluding hydrogens is 282 g/mol. The molecule has 0 aliphatic carbocycles. The number of hydrogen-bond donors (Lipinski definition) is 2. The quantitative estimate of drug-likeness (QED) is 0.834. The van der Waals surface area contributed by atoms with Crippen LogP contribution in [0.4, 0.5) is 0 Å². The SMILES string of the molecule is CC[C@H]1C(=O)NCCN1C(=O)c1ccn([C@H]2CCCNC2)n1. The van der Waals surface area contributed by atoms with E-state index in [1.165, 1.54) is 0 Å². The third kappa shape index (κ3) is 2.85. The van der Waals surface area contributed by atoms with Gasteiger partial charge < -0.3 is 15.5 Å². The number of nitrogens with one attached hydrogen (secondary N) is 2. The third-order valence-electron chi connectivity index (χ3n) is 4.45. The van der Waals surface area contributed by atoms with Gasteiger partial charge in [0, 0.05) is 25.8 Å². The van der Waals surface area contributed by atoms with E-state index in [-0.39, 0.29) is 17.9 Å². The predicted octanol–water partition coefficient (Wildman–Crippen LogP) is 0.158. The molecule has 22 heavy (non-hydrogen) atoms. The Balaban J connectivity index is 1.74. The lowest BCUT2D eigenvalue weighted by Gasteiger charge is -2.34. The number of carbonyl (C=O) groups excluding carboxylic acids is 2. The molecule has 7 heteroatoms. The second-order valence-electron chi connectivity index (χ2n) is 5.89. The highest BCUT2D eigenvalue weighted by Gasteiger charge is 2.33. The standard InChI is InChI=1S/C15H23N5O2/c1-2-13-14(21)17-7-9-19(13)15(22)12-5-8-20(18-12)11-4-3-6-16-10-11/h5,8,11,13,16H,2-4,6-7,9-10H2,1H3,(H,17,21)/t11-,13-/m0/s1. The van der Waals surface area contributed by atoms with Crippen LogP contribution in [-0.4, -0.2) is 58.7 Å². The van der Waals surface area contributed by atoms with Gasteiger partial charge in [-0.1, -0.05) is 6.92 Å². The molecule has 1 aromatic heterocycles. The molecule has 0 spiro atoms. The fraction of sp³-hybridized carbons (Fsp3) is 0.667. The number of amides is 2. The van der Waals surface area contributed by atoms with Crippen LogP contribution in [0.2, 0.25) is 0 Å². The number of piperidine rings is 1. The summed E-state index contributed by atoms with van der Waals surface area (Å²) in [5.41, 5.74) is 0.429. The van der Waals surface area contributed by atoms with E-state index in [9.17, 15) is 9.59 Å². The van der Waals surface area contributed by atoms with Gasteiger partial charge in [-0.2, -0.15) is 5.10 Å². The van der Waals surface area contributed by atoms with Gasteiger partial charge in [0.25, 0.3) is 5.91 Å². The first-order chi connectivity index (χ1) is 10.7. The van der Waals surface area contributed by atoms with Crippen LogP contribution in [0, 0.1) is 0 Å². The third-order valence-corrected chi connectivity index (χ3v) is 4.45. The fourth-order valence-electron chi connectivity index (χ4n) is 3.23. The molecule has 120 valence electrons. The summed E-state index contributed by atoms with van der Waals surface area (Å²) in [5.74, 6) is -0.220. The molecule has 1 aromatic rings. The van der Waals surface area contributed by atoms with Crippen LogP contribution in [0.5, 0.6) is 0 Å². The van der Waals surface area contributed by atoms with Crippen molar-refractivity contribution in [3.8, 4) is 0 Å². The maximum atomic E-state index is 12.7. The Morgan fingerprint density at radius 2 is 2.32 bits per heavy atom. The molecule has 0 saturated carbocycles. The van der Waals surface area contributed by atoms with Crippen LogP contribution in [0.1, 0.15) is 42.7 Å². The van der Waals surface area contributed by atoms with E-state index in [1.54, 1.807) is 11.0 Å². The smallest absolute Gasteiger partial charge is 0.275 e. The van der Waals surface area contributed by atoms with E-state index < -0.39 is 0 Å². The summed E-state index contributed by atoms with van der Waals surface area (Å²) in [6.45, 7) is 4.90. The Labute approximate surface area is 130 Å². The van der Waals surface area contributed by atoms with Gasteiger partial charge in [0.05, 0.1) is 6.04 Å². The fourth-order valence-corrected chi connectivity index (χ4v) is 3.23. The molecule has 2 fully saturated rings. The van der Waals surface area contributed by atoms with Crippen molar-refractivity contribution in [2.45, 2.75) is 38.3 Å². The lowest BCUT2D eigenvalue weighted by molar-refractivity contribution is -0.127. The number of carbonyl (C=O) groups is 2. The van der Waals surface area contributed by atoms with Crippen LogP contribution >= 0.6 is 0 Å². The zero-order chi connectivity index (χ0) is 15.5. The van der Waals surface area contributed by atoms with E-state index in [4.69, 9.17) is 0 Å². The number of hydrogen-bond acceptors (Lipinski definition) is 4. The Morgan fingerprint density at radius 1 is 1.45 bits per heavy atom. The second kappa shape index (κ2) is 6.48. The summed E-state index contributed by atoms with van der Waals surface area (Å²) in [6.07, 6.45) is 4.69. The number of rotatable bonds is 3. The van der Waals surface area contributed by atoms with Crippen LogP contribution in [-0.2, 0) is 4.79 Å². The van der Waals surface area contributed by atoms with E-state index >= 15 is 0 Å². The van der Waals surface area contributed by atoms with Crippen molar-refractivity contribution in [2.24, 2.45) is 0 Å². The number of aromatic nitrogens is 2. The van der Waals surface area contributed by atoms with Gasteiger partial charge in [-0.05, 0) is 31.9 Å². The first-order valence-electron chi connectivity index (χ1n) is 8.05. The van der Waals surface area contributed by atoms with Crippen molar-refractivity contribution >= 4 is 11.8 Å². The average molecular weight is 305 g/mol. The van der Waals surface area contributed by atoms with Crippen molar-refractivity contribution in [3.63, 3.8) is 0 Å². The monoisotopic (exact) mass is 305 g/mol. The molecule has 2 amide bonds. The molecule has 0 aromatic carbocycles. The Morgan fingerprint density at radius 3 is 3.05 bits per heavy atom. The zero-order valence-corrected chi connectivity index (χ0v) is 12.9. The van der Waals surface area contributed by atoms with Crippen LogP contribution in [0.15, 0.2) is 12.3 Å². The van der Waals surface area contributed by atoms with Crippen molar-refractivity contribution in [2.75, 3.05) is 26.2 Å². The first kappa shape index (κ1) is 15.0. The van der Waals surface area contributed by atoms with Gasteiger partial charge in [0.15, 0.2) is 0 Å². The minimum Gasteiger partial charge on any atom is -0.353 e.